The molecule has 146 valence electrons. The highest BCUT2D eigenvalue weighted by atomic mass is 32.2. The van der Waals surface area contributed by atoms with Crippen molar-refractivity contribution in [2.75, 3.05) is 13.7 Å². The van der Waals surface area contributed by atoms with E-state index in [2.05, 4.69) is 0 Å². The van der Waals surface area contributed by atoms with E-state index >= 15 is 0 Å². The first kappa shape index (κ1) is 21.2. The van der Waals surface area contributed by atoms with Crippen molar-refractivity contribution in [3.05, 3.63) is 71.6 Å². The van der Waals surface area contributed by atoms with Gasteiger partial charge in [0, 0.05) is 12.0 Å². The summed E-state index contributed by atoms with van der Waals surface area (Å²) in [5, 5.41) is 11.1. The van der Waals surface area contributed by atoms with Crippen LogP contribution in [0.1, 0.15) is 24.8 Å². The smallest absolute Gasteiger partial charge is 0.199 e. The molecule has 0 amide bonds. The summed E-state index contributed by atoms with van der Waals surface area (Å²) in [4.78, 5) is 0.252. The van der Waals surface area contributed by atoms with Crippen LogP contribution in [0.2, 0.25) is 0 Å². The molecule has 0 aliphatic heterocycles. The van der Waals surface area contributed by atoms with E-state index in [1.807, 2.05) is 24.3 Å². The number of methoxy groups -OCH3 is 1. The van der Waals surface area contributed by atoms with Gasteiger partial charge in [0.15, 0.2) is 9.84 Å². The lowest BCUT2D eigenvalue weighted by molar-refractivity contribution is 0.0979. The lowest BCUT2D eigenvalue weighted by atomic mass is 10.1. The number of benzene rings is 2. The van der Waals surface area contributed by atoms with Gasteiger partial charge in [0.05, 0.1) is 24.7 Å². The summed E-state index contributed by atoms with van der Waals surface area (Å²) < 4.78 is 34.9. The van der Waals surface area contributed by atoms with Crippen LogP contribution in [0, 0.1) is 0 Å². The fraction of sp³-hybridized carbons (Fsp3) is 0.333. The first-order valence-electron chi connectivity index (χ1n) is 8.86. The number of aliphatic hydroxyl groups is 1. The molecular formula is C21H26O5S. The largest absolute Gasteiger partial charge is 0.497 e. The van der Waals surface area contributed by atoms with Gasteiger partial charge in [-0.25, -0.2) is 8.42 Å². The summed E-state index contributed by atoms with van der Waals surface area (Å²) in [6.45, 7) is 1.05. The van der Waals surface area contributed by atoms with E-state index in [4.69, 9.17) is 9.47 Å². The minimum absolute atomic E-state index is 0.252. The summed E-state index contributed by atoms with van der Waals surface area (Å²) >= 11 is 0. The Balaban J connectivity index is 1.63. The minimum atomic E-state index is -3.45. The number of hydrogen-bond acceptors (Lipinski definition) is 5. The van der Waals surface area contributed by atoms with Crippen molar-refractivity contribution in [3.63, 3.8) is 0 Å². The van der Waals surface area contributed by atoms with Gasteiger partial charge in [-0.15, -0.1) is 0 Å². The Morgan fingerprint density at radius 1 is 1.07 bits per heavy atom. The molecular weight excluding hydrogens is 364 g/mol. The van der Waals surface area contributed by atoms with Crippen LogP contribution >= 0.6 is 0 Å². The maximum Gasteiger partial charge on any atom is 0.199 e. The van der Waals surface area contributed by atoms with Crippen molar-refractivity contribution in [3.8, 4) is 5.75 Å². The molecule has 0 saturated heterocycles. The van der Waals surface area contributed by atoms with Crippen LogP contribution in [0.4, 0.5) is 0 Å². The van der Waals surface area contributed by atoms with Crippen LogP contribution in [-0.2, 0) is 21.2 Å². The Hall–Kier alpha value is -2.15. The molecule has 2 rings (SSSR count). The molecule has 1 N–H and O–H groups in total. The maximum absolute atomic E-state index is 12.1. The predicted octanol–water partition coefficient (Wildman–Crippen LogP) is 3.73. The summed E-state index contributed by atoms with van der Waals surface area (Å²) in [5.41, 5.74) is 1.06. The van der Waals surface area contributed by atoms with Gasteiger partial charge >= 0.3 is 0 Å². The Morgan fingerprint density at radius 2 is 1.78 bits per heavy atom. The lowest BCUT2D eigenvalue weighted by Gasteiger charge is -2.09. The van der Waals surface area contributed by atoms with E-state index in [-0.39, 0.29) is 4.90 Å². The normalized spacial score (nSPS) is 13.0. The maximum atomic E-state index is 12.1. The Kier molecular flexibility index (Phi) is 8.51. The molecule has 2 aromatic carbocycles. The van der Waals surface area contributed by atoms with E-state index < -0.39 is 15.9 Å². The third-order valence-electron chi connectivity index (χ3n) is 4.01. The van der Waals surface area contributed by atoms with E-state index in [1.165, 1.54) is 6.08 Å². The van der Waals surface area contributed by atoms with Crippen LogP contribution in [0.3, 0.4) is 0 Å². The van der Waals surface area contributed by atoms with Crippen LogP contribution in [0.25, 0.3) is 0 Å². The van der Waals surface area contributed by atoms with E-state index in [1.54, 1.807) is 37.4 Å². The third-order valence-corrected chi connectivity index (χ3v) is 5.49. The first-order valence-corrected chi connectivity index (χ1v) is 10.4. The molecule has 0 fully saturated rings. The predicted molar refractivity (Wildman–Crippen MR) is 105 cm³/mol. The second kappa shape index (κ2) is 10.9. The van der Waals surface area contributed by atoms with Gasteiger partial charge in [-0.3, -0.25) is 0 Å². The molecule has 1 unspecified atom stereocenters. The molecule has 27 heavy (non-hydrogen) atoms. The van der Waals surface area contributed by atoms with Gasteiger partial charge in [0.25, 0.3) is 0 Å². The molecule has 0 aliphatic rings. The zero-order chi connectivity index (χ0) is 19.5. The summed E-state index contributed by atoms with van der Waals surface area (Å²) in [6.07, 6.45) is 2.47. The SMILES string of the molecule is COc1ccc(COCCCC(O)C/C=C/S(=O)(=O)c2ccccc2)cc1. The number of ether oxygens (including phenoxy) is 2. The number of rotatable bonds is 11. The summed E-state index contributed by atoms with van der Waals surface area (Å²) in [5.74, 6) is 0.809. The lowest BCUT2D eigenvalue weighted by Crippen LogP contribution is -2.07. The van der Waals surface area contributed by atoms with Gasteiger partial charge in [0.1, 0.15) is 5.75 Å². The molecule has 0 bridgehead atoms. The molecule has 1 atom stereocenters. The van der Waals surface area contributed by atoms with Crippen molar-refractivity contribution in [2.45, 2.75) is 36.9 Å². The monoisotopic (exact) mass is 390 g/mol. The molecule has 0 heterocycles. The minimum Gasteiger partial charge on any atom is -0.497 e. The fourth-order valence-corrected chi connectivity index (χ4v) is 3.54. The second-order valence-corrected chi connectivity index (χ2v) is 8.00. The van der Waals surface area contributed by atoms with Crippen molar-refractivity contribution in [1.29, 1.82) is 0 Å². The number of aliphatic hydroxyl groups excluding tert-OH is 1. The van der Waals surface area contributed by atoms with E-state index in [9.17, 15) is 13.5 Å². The highest BCUT2D eigenvalue weighted by Gasteiger charge is 2.09. The van der Waals surface area contributed by atoms with Gasteiger partial charge in [-0.2, -0.15) is 0 Å². The van der Waals surface area contributed by atoms with Crippen molar-refractivity contribution < 1.29 is 23.0 Å². The Bertz CT molecular complexity index is 798. The quantitative estimate of drug-likeness (QED) is 0.592. The molecule has 2 aromatic rings. The first-order chi connectivity index (χ1) is 13.0. The molecule has 5 nitrogen and oxygen atoms in total. The highest BCUT2D eigenvalue weighted by Crippen LogP contribution is 2.14. The molecule has 0 saturated carbocycles. The average Bonchev–Trinajstić information content (AvgIpc) is 2.69. The highest BCUT2D eigenvalue weighted by molar-refractivity contribution is 7.94. The van der Waals surface area contributed by atoms with Crippen LogP contribution in [-0.4, -0.2) is 33.3 Å². The topological polar surface area (TPSA) is 72.8 Å². The summed E-state index contributed by atoms with van der Waals surface area (Å²) in [6, 6.07) is 15.9. The number of sulfone groups is 1. The number of hydrogen-bond donors (Lipinski definition) is 1. The van der Waals surface area contributed by atoms with Gasteiger partial charge in [0.2, 0.25) is 0 Å². The zero-order valence-corrected chi connectivity index (χ0v) is 16.3. The van der Waals surface area contributed by atoms with E-state index in [0.29, 0.717) is 32.5 Å². The molecule has 0 aliphatic carbocycles. The van der Waals surface area contributed by atoms with Crippen molar-refractivity contribution >= 4 is 9.84 Å². The average molecular weight is 391 g/mol. The summed E-state index contributed by atoms with van der Waals surface area (Å²) in [7, 11) is -1.82. The second-order valence-electron chi connectivity index (χ2n) is 6.16. The molecule has 0 radical (unpaired) electrons. The van der Waals surface area contributed by atoms with Crippen LogP contribution in [0.5, 0.6) is 5.75 Å². The van der Waals surface area contributed by atoms with Gasteiger partial charge in [-0.1, -0.05) is 36.4 Å². The van der Waals surface area contributed by atoms with Crippen molar-refractivity contribution in [1.82, 2.24) is 0 Å². The fourth-order valence-electron chi connectivity index (χ4n) is 2.48. The van der Waals surface area contributed by atoms with E-state index in [0.717, 1.165) is 16.7 Å². The zero-order valence-electron chi connectivity index (χ0n) is 15.5. The standard InChI is InChI=1S/C21H26O5S/c1-25-20-13-11-18(12-14-20)17-26-15-5-7-19(22)8-6-16-27(23,24)21-9-3-2-4-10-21/h2-4,6,9-14,16,19,22H,5,7-8,15,17H2,1H3/b16-6+. The molecule has 0 aromatic heterocycles. The molecule has 0 spiro atoms. The third kappa shape index (κ3) is 7.54. The van der Waals surface area contributed by atoms with Gasteiger partial charge in [-0.05, 0) is 49.1 Å². The molecule has 6 heteroatoms. The van der Waals surface area contributed by atoms with Crippen LogP contribution in [0.15, 0.2) is 71.0 Å². The Labute approximate surface area is 161 Å². The Morgan fingerprint density at radius 3 is 2.44 bits per heavy atom. The van der Waals surface area contributed by atoms with Crippen LogP contribution < -0.4 is 4.74 Å². The van der Waals surface area contributed by atoms with Gasteiger partial charge < -0.3 is 14.6 Å². The van der Waals surface area contributed by atoms with Crippen molar-refractivity contribution in [2.24, 2.45) is 0 Å².